The molecule has 1 saturated heterocycles. The van der Waals surface area contributed by atoms with Crippen LogP contribution < -0.4 is 9.47 Å². The number of piperidine rings is 1. The van der Waals surface area contributed by atoms with Crippen LogP contribution in [0.5, 0.6) is 11.6 Å². The molecule has 6 nitrogen and oxygen atoms in total. The van der Waals surface area contributed by atoms with Crippen molar-refractivity contribution in [2.45, 2.75) is 44.1 Å². The number of rotatable bonds is 3. The molecule has 1 aromatic carbocycles. The number of benzene rings is 1. The molecule has 1 fully saturated rings. The first-order chi connectivity index (χ1) is 14.6. The average Bonchev–Trinajstić information content (AvgIpc) is 3.25. The van der Waals surface area contributed by atoms with Gasteiger partial charge in [0.1, 0.15) is 16.9 Å². The van der Waals surface area contributed by atoms with Crippen LogP contribution in [0.25, 0.3) is 0 Å². The molecule has 1 spiro atoms. The number of amides is 1. The van der Waals surface area contributed by atoms with Crippen LogP contribution in [-0.2, 0) is 29.6 Å². The molecule has 30 heavy (non-hydrogen) atoms. The standard InChI is InChI=1S/C24H28N2O4/c1-28-20-8-4-5-16-9-14-30-24(21(16)20)10-12-26(13-11-24)23(27)18-15-17-6-3-7-19(17)25-22(18)29-2/h4-5,8,15H,3,6-7,9-14H2,1-2H3. The highest BCUT2D eigenvalue weighted by atomic mass is 16.5. The number of hydrogen-bond acceptors (Lipinski definition) is 5. The summed E-state index contributed by atoms with van der Waals surface area (Å²) < 4.78 is 17.5. The molecule has 158 valence electrons. The number of methoxy groups -OCH3 is 2. The van der Waals surface area contributed by atoms with E-state index in [0.717, 1.165) is 50.0 Å². The Balaban J connectivity index is 1.40. The maximum absolute atomic E-state index is 13.4. The molecule has 0 N–H and O–H groups in total. The first-order valence-electron chi connectivity index (χ1n) is 10.8. The van der Waals surface area contributed by atoms with Gasteiger partial charge in [0.15, 0.2) is 0 Å². The summed E-state index contributed by atoms with van der Waals surface area (Å²) in [7, 11) is 3.30. The van der Waals surface area contributed by atoms with Crippen molar-refractivity contribution in [1.29, 1.82) is 0 Å². The average molecular weight is 408 g/mol. The molecule has 3 aliphatic rings. The number of aromatic nitrogens is 1. The fraction of sp³-hybridized carbons (Fsp3) is 0.500. The zero-order valence-corrected chi connectivity index (χ0v) is 17.7. The van der Waals surface area contributed by atoms with Crippen LogP contribution in [0.1, 0.15) is 52.0 Å². The fourth-order valence-corrected chi connectivity index (χ4v) is 5.30. The van der Waals surface area contributed by atoms with Gasteiger partial charge in [-0.15, -0.1) is 0 Å². The lowest BCUT2D eigenvalue weighted by molar-refractivity contribution is -0.0946. The smallest absolute Gasteiger partial charge is 0.259 e. The van der Waals surface area contributed by atoms with Crippen molar-refractivity contribution in [1.82, 2.24) is 9.88 Å². The van der Waals surface area contributed by atoms with Crippen LogP contribution >= 0.6 is 0 Å². The van der Waals surface area contributed by atoms with Gasteiger partial charge in [-0.3, -0.25) is 4.79 Å². The van der Waals surface area contributed by atoms with Gasteiger partial charge in [0.25, 0.3) is 5.91 Å². The highest BCUT2D eigenvalue weighted by Crippen LogP contribution is 2.46. The van der Waals surface area contributed by atoms with E-state index >= 15 is 0 Å². The third-order valence-corrected chi connectivity index (χ3v) is 6.84. The third kappa shape index (κ3) is 3.05. The van der Waals surface area contributed by atoms with E-state index in [1.54, 1.807) is 14.2 Å². The number of pyridine rings is 1. The number of aryl methyl sites for hydroxylation is 2. The van der Waals surface area contributed by atoms with Gasteiger partial charge in [-0.05, 0) is 61.8 Å². The molecule has 0 bridgehead atoms. The number of ether oxygens (including phenoxy) is 3. The number of nitrogens with zero attached hydrogens (tertiary/aromatic N) is 2. The van der Waals surface area contributed by atoms with Crippen molar-refractivity contribution in [2.24, 2.45) is 0 Å². The Bertz CT molecular complexity index is 965. The Morgan fingerprint density at radius 3 is 2.70 bits per heavy atom. The highest BCUT2D eigenvalue weighted by Gasteiger charge is 2.44. The summed E-state index contributed by atoms with van der Waals surface area (Å²) in [6, 6.07) is 8.22. The molecule has 2 aliphatic heterocycles. The minimum atomic E-state index is -0.378. The second-order valence-corrected chi connectivity index (χ2v) is 8.38. The van der Waals surface area contributed by atoms with Gasteiger partial charge in [0, 0.05) is 24.3 Å². The molecule has 1 aliphatic carbocycles. The van der Waals surface area contributed by atoms with Gasteiger partial charge in [-0.25, -0.2) is 4.98 Å². The van der Waals surface area contributed by atoms with E-state index in [1.807, 2.05) is 23.1 Å². The Morgan fingerprint density at radius 2 is 1.93 bits per heavy atom. The summed E-state index contributed by atoms with van der Waals surface area (Å²) in [5, 5.41) is 0. The first-order valence-corrected chi connectivity index (χ1v) is 10.8. The Morgan fingerprint density at radius 1 is 1.10 bits per heavy atom. The lowest BCUT2D eigenvalue weighted by Crippen LogP contribution is -2.48. The van der Waals surface area contributed by atoms with E-state index in [2.05, 4.69) is 11.1 Å². The van der Waals surface area contributed by atoms with Gasteiger partial charge < -0.3 is 19.1 Å². The summed E-state index contributed by atoms with van der Waals surface area (Å²) >= 11 is 0. The van der Waals surface area contributed by atoms with Crippen molar-refractivity contribution in [3.8, 4) is 11.6 Å². The van der Waals surface area contributed by atoms with E-state index in [1.165, 1.54) is 16.7 Å². The topological polar surface area (TPSA) is 60.9 Å². The Hall–Kier alpha value is -2.60. The molecule has 0 atom stereocenters. The molecule has 2 aromatic rings. The van der Waals surface area contributed by atoms with Gasteiger partial charge in [-0.1, -0.05) is 12.1 Å². The van der Waals surface area contributed by atoms with Gasteiger partial charge in [-0.2, -0.15) is 0 Å². The molecule has 0 radical (unpaired) electrons. The summed E-state index contributed by atoms with van der Waals surface area (Å²) in [6.07, 6.45) is 5.45. The van der Waals surface area contributed by atoms with Crippen LogP contribution in [0, 0.1) is 0 Å². The highest BCUT2D eigenvalue weighted by molar-refractivity contribution is 5.96. The molecule has 0 saturated carbocycles. The van der Waals surface area contributed by atoms with E-state index in [9.17, 15) is 4.79 Å². The molecule has 0 unspecified atom stereocenters. The minimum Gasteiger partial charge on any atom is -0.496 e. The van der Waals surface area contributed by atoms with Gasteiger partial charge >= 0.3 is 0 Å². The molecule has 5 rings (SSSR count). The van der Waals surface area contributed by atoms with E-state index in [4.69, 9.17) is 14.2 Å². The summed E-state index contributed by atoms with van der Waals surface area (Å²) in [5.41, 5.74) is 4.92. The van der Waals surface area contributed by atoms with Gasteiger partial charge in [0.05, 0.1) is 20.8 Å². The predicted molar refractivity (Wildman–Crippen MR) is 112 cm³/mol. The normalized spacial score (nSPS) is 19.3. The number of likely N-dealkylation sites (tertiary alicyclic amines) is 1. The molecule has 3 heterocycles. The zero-order chi connectivity index (χ0) is 20.7. The van der Waals surface area contributed by atoms with E-state index < -0.39 is 0 Å². The lowest BCUT2D eigenvalue weighted by atomic mass is 9.78. The van der Waals surface area contributed by atoms with Crippen molar-refractivity contribution in [2.75, 3.05) is 33.9 Å². The third-order valence-electron chi connectivity index (χ3n) is 6.84. The molecular formula is C24H28N2O4. The summed E-state index contributed by atoms with van der Waals surface area (Å²) in [5.74, 6) is 1.33. The van der Waals surface area contributed by atoms with E-state index in [-0.39, 0.29) is 11.5 Å². The predicted octanol–water partition coefficient (Wildman–Crippen LogP) is 3.29. The number of fused-ring (bicyclic) bond motifs is 3. The molecule has 1 aromatic heterocycles. The largest absolute Gasteiger partial charge is 0.496 e. The van der Waals surface area contributed by atoms with Crippen LogP contribution in [0.4, 0.5) is 0 Å². The number of carbonyl (C=O) groups is 1. The zero-order valence-electron chi connectivity index (χ0n) is 17.7. The minimum absolute atomic E-state index is 0.0000374. The Labute approximate surface area is 177 Å². The van der Waals surface area contributed by atoms with Crippen LogP contribution in [-0.4, -0.2) is 49.7 Å². The Kier molecular flexibility index (Phi) is 4.89. The van der Waals surface area contributed by atoms with Crippen molar-refractivity contribution < 1.29 is 19.0 Å². The molecule has 1 amide bonds. The number of hydrogen-bond donors (Lipinski definition) is 0. The monoisotopic (exact) mass is 408 g/mol. The maximum atomic E-state index is 13.4. The van der Waals surface area contributed by atoms with Crippen molar-refractivity contribution in [3.05, 3.63) is 52.2 Å². The fourth-order valence-electron chi connectivity index (χ4n) is 5.30. The van der Waals surface area contributed by atoms with Crippen molar-refractivity contribution >= 4 is 5.91 Å². The second-order valence-electron chi connectivity index (χ2n) is 8.38. The second kappa shape index (κ2) is 7.58. The first kappa shape index (κ1) is 19.4. The SMILES string of the molecule is COc1cccc2c1C1(CCN(C(=O)c3cc4c(nc3OC)CCC4)CC1)OCC2. The van der Waals surface area contributed by atoms with Gasteiger partial charge in [0.2, 0.25) is 5.88 Å². The van der Waals surface area contributed by atoms with Crippen molar-refractivity contribution in [3.63, 3.8) is 0 Å². The molecule has 6 heteroatoms. The summed E-state index contributed by atoms with van der Waals surface area (Å²) in [4.78, 5) is 19.9. The number of carbonyl (C=O) groups excluding carboxylic acids is 1. The molecular weight excluding hydrogens is 380 g/mol. The van der Waals surface area contributed by atoms with E-state index in [0.29, 0.717) is 31.1 Å². The van der Waals surface area contributed by atoms with Crippen LogP contribution in [0.2, 0.25) is 0 Å². The lowest BCUT2D eigenvalue weighted by Gasteiger charge is -2.45. The van der Waals surface area contributed by atoms with Crippen LogP contribution in [0.3, 0.4) is 0 Å². The summed E-state index contributed by atoms with van der Waals surface area (Å²) in [6.45, 7) is 1.98. The maximum Gasteiger partial charge on any atom is 0.259 e. The quantitative estimate of drug-likeness (QED) is 0.780. The van der Waals surface area contributed by atoms with Crippen LogP contribution in [0.15, 0.2) is 24.3 Å².